The zero-order valence-electron chi connectivity index (χ0n) is 15.7. The van der Waals surface area contributed by atoms with Crippen LogP contribution >= 0.6 is 11.6 Å². The summed E-state index contributed by atoms with van der Waals surface area (Å²) in [6, 6.07) is 11.9. The molecule has 1 aliphatic heterocycles. The van der Waals surface area contributed by atoms with Crippen molar-refractivity contribution in [3.05, 3.63) is 63.5 Å². The number of carbonyl (C=O) groups is 1. The molecule has 1 amide bonds. The summed E-state index contributed by atoms with van der Waals surface area (Å²) in [6.07, 6.45) is 0. The minimum atomic E-state index is -0.740. The summed E-state index contributed by atoms with van der Waals surface area (Å²) in [7, 11) is 1.49. The van der Waals surface area contributed by atoms with Crippen LogP contribution in [0.1, 0.15) is 10.4 Å². The Hall–Kier alpha value is -3.03. The number of nitrogens with zero attached hydrogens (tertiary/aromatic N) is 1. The highest BCUT2D eigenvalue weighted by Gasteiger charge is 2.18. The average molecular weight is 415 g/mol. The zero-order valence-corrected chi connectivity index (χ0v) is 16.5. The molecule has 0 atom stereocenters. The molecule has 0 bridgehead atoms. The number of halogens is 1. The third-order valence-corrected chi connectivity index (χ3v) is 5.05. The number of amides is 1. The molecule has 1 aromatic heterocycles. The second-order valence-electron chi connectivity index (χ2n) is 6.55. The fourth-order valence-electron chi connectivity index (χ4n) is 3.28. The molecule has 0 unspecified atom stereocenters. The zero-order chi connectivity index (χ0) is 20.4. The second-order valence-corrected chi connectivity index (χ2v) is 6.95. The Morgan fingerprint density at radius 1 is 1.17 bits per heavy atom. The van der Waals surface area contributed by atoms with Gasteiger partial charge in [-0.2, -0.15) is 0 Å². The van der Waals surface area contributed by atoms with Crippen molar-refractivity contribution in [2.45, 2.75) is 0 Å². The minimum Gasteiger partial charge on any atom is -0.493 e. The predicted octanol–water partition coefficient (Wildman–Crippen LogP) is 3.54. The maximum atomic E-state index is 12.7. The monoisotopic (exact) mass is 414 g/mol. The van der Waals surface area contributed by atoms with E-state index in [4.69, 9.17) is 25.5 Å². The predicted molar refractivity (Wildman–Crippen MR) is 111 cm³/mol. The number of nitrogens with one attached hydrogen (secondary N) is 1. The summed E-state index contributed by atoms with van der Waals surface area (Å²) in [5.74, 6) is -0.143. The van der Waals surface area contributed by atoms with Gasteiger partial charge in [0.15, 0.2) is 11.3 Å². The van der Waals surface area contributed by atoms with Crippen LogP contribution in [0.4, 0.5) is 11.4 Å². The van der Waals surface area contributed by atoms with Crippen molar-refractivity contribution in [1.29, 1.82) is 0 Å². The van der Waals surface area contributed by atoms with Crippen LogP contribution in [0.2, 0.25) is 5.02 Å². The molecule has 0 radical (unpaired) electrons. The van der Waals surface area contributed by atoms with Crippen LogP contribution in [0.25, 0.3) is 11.0 Å². The van der Waals surface area contributed by atoms with Crippen molar-refractivity contribution < 1.29 is 18.7 Å². The van der Waals surface area contributed by atoms with Crippen LogP contribution in [-0.2, 0) is 4.74 Å². The molecule has 8 heteroatoms. The van der Waals surface area contributed by atoms with Crippen LogP contribution in [0.5, 0.6) is 5.75 Å². The molecule has 1 fully saturated rings. The van der Waals surface area contributed by atoms with E-state index in [1.54, 1.807) is 30.3 Å². The van der Waals surface area contributed by atoms with E-state index in [1.807, 2.05) is 6.07 Å². The van der Waals surface area contributed by atoms with Crippen molar-refractivity contribution in [1.82, 2.24) is 0 Å². The Kier molecular flexibility index (Phi) is 5.42. The van der Waals surface area contributed by atoms with E-state index in [-0.39, 0.29) is 5.56 Å². The molecular formula is C21H19ClN2O5. The maximum Gasteiger partial charge on any atom is 0.349 e. The molecular weight excluding hydrogens is 396 g/mol. The summed E-state index contributed by atoms with van der Waals surface area (Å²) < 4.78 is 15.9. The Labute approximate surface area is 171 Å². The Balaban J connectivity index is 1.58. The number of hydrogen-bond acceptors (Lipinski definition) is 6. The lowest BCUT2D eigenvalue weighted by molar-refractivity contribution is 0.102. The smallest absolute Gasteiger partial charge is 0.349 e. The largest absolute Gasteiger partial charge is 0.493 e. The van der Waals surface area contributed by atoms with Crippen LogP contribution in [-0.4, -0.2) is 39.3 Å². The first-order valence-electron chi connectivity index (χ1n) is 9.11. The van der Waals surface area contributed by atoms with Gasteiger partial charge in [-0.1, -0.05) is 23.7 Å². The van der Waals surface area contributed by atoms with E-state index in [1.165, 1.54) is 13.2 Å². The van der Waals surface area contributed by atoms with Crippen molar-refractivity contribution in [2.75, 3.05) is 43.6 Å². The average Bonchev–Trinajstić information content (AvgIpc) is 2.73. The van der Waals surface area contributed by atoms with Crippen LogP contribution in [0.3, 0.4) is 0 Å². The van der Waals surface area contributed by atoms with Gasteiger partial charge in [0.25, 0.3) is 5.91 Å². The lowest BCUT2D eigenvalue weighted by Gasteiger charge is -2.29. The molecule has 7 nitrogen and oxygen atoms in total. The summed E-state index contributed by atoms with van der Waals surface area (Å²) in [5.41, 5.74) is 0.830. The molecule has 29 heavy (non-hydrogen) atoms. The topological polar surface area (TPSA) is 81.0 Å². The number of hydrogen-bond donors (Lipinski definition) is 1. The van der Waals surface area contributed by atoms with Crippen LogP contribution in [0, 0.1) is 0 Å². The van der Waals surface area contributed by atoms with E-state index < -0.39 is 11.5 Å². The molecule has 0 aliphatic carbocycles. The first-order chi connectivity index (χ1) is 14.1. The molecule has 1 saturated heterocycles. The SMILES string of the molecule is COc1cccc2cc(C(=O)Nc3ccc(N4CCOCC4)c(Cl)c3)c(=O)oc12. The summed E-state index contributed by atoms with van der Waals surface area (Å²) in [6.45, 7) is 2.81. The van der Waals surface area contributed by atoms with Gasteiger partial charge in [0, 0.05) is 24.2 Å². The van der Waals surface area contributed by atoms with Gasteiger partial charge in [0.2, 0.25) is 0 Å². The first-order valence-corrected chi connectivity index (χ1v) is 9.49. The van der Waals surface area contributed by atoms with E-state index in [2.05, 4.69) is 10.2 Å². The van der Waals surface area contributed by atoms with E-state index in [0.29, 0.717) is 40.6 Å². The lowest BCUT2D eigenvalue weighted by atomic mass is 10.1. The van der Waals surface area contributed by atoms with Gasteiger partial charge in [-0.3, -0.25) is 4.79 Å². The molecule has 1 aliphatic rings. The number of carbonyl (C=O) groups excluding carboxylic acids is 1. The van der Waals surface area contributed by atoms with Gasteiger partial charge in [-0.25, -0.2) is 4.79 Å². The summed E-state index contributed by atoms with van der Waals surface area (Å²) >= 11 is 6.41. The van der Waals surface area contributed by atoms with Gasteiger partial charge < -0.3 is 24.1 Å². The normalized spacial score (nSPS) is 14.1. The van der Waals surface area contributed by atoms with Crippen LogP contribution < -0.4 is 20.6 Å². The Bertz CT molecular complexity index is 1120. The van der Waals surface area contributed by atoms with Crippen molar-refractivity contribution >= 4 is 39.9 Å². The lowest BCUT2D eigenvalue weighted by Crippen LogP contribution is -2.36. The van der Waals surface area contributed by atoms with E-state index in [9.17, 15) is 9.59 Å². The second kappa shape index (κ2) is 8.14. The number of rotatable bonds is 4. The Morgan fingerprint density at radius 3 is 2.69 bits per heavy atom. The number of benzene rings is 2. The van der Waals surface area contributed by atoms with Gasteiger partial charge in [-0.05, 0) is 30.3 Å². The third kappa shape index (κ3) is 3.92. The molecule has 0 saturated carbocycles. The van der Waals surface area contributed by atoms with Gasteiger partial charge in [0.05, 0.1) is 31.0 Å². The van der Waals surface area contributed by atoms with Crippen molar-refractivity contribution in [3.63, 3.8) is 0 Å². The molecule has 150 valence electrons. The molecule has 2 aromatic carbocycles. The maximum absolute atomic E-state index is 12.7. The molecule has 4 rings (SSSR count). The summed E-state index contributed by atoms with van der Waals surface area (Å²) in [4.78, 5) is 27.1. The highest BCUT2D eigenvalue weighted by atomic mass is 35.5. The van der Waals surface area contributed by atoms with Gasteiger partial charge in [0.1, 0.15) is 5.56 Å². The van der Waals surface area contributed by atoms with E-state index >= 15 is 0 Å². The highest BCUT2D eigenvalue weighted by Crippen LogP contribution is 2.30. The van der Waals surface area contributed by atoms with Gasteiger partial charge in [-0.15, -0.1) is 0 Å². The van der Waals surface area contributed by atoms with Crippen molar-refractivity contribution in [3.8, 4) is 5.75 Å². The van der Waals surface area contributed by atoms with E-state index in [0.717, 1.165) is 18.8 Å². The third-order valence-electron chi connectivity index (χ3n) is 4.75. The number of para-hydroxylation sites is 1. The minimum absolute atomic E-state index is 0.0980. The number of fused-ring (bicyclic) bond motifs is 1. The number of morpholine rings is 1. The molecule has 1 N–H and O–H groups in total. The number of methoxy groups -OCH3 is 1. The molecule has 2 heterocycles. The Morgan fingerprint density at radius 2 is 1.97 bits per heavy atom. The summed E-state index contributed by atoms with van der Waals surface area (Å²) in [5, 5.41) is 3.81. The number of anilines is 2. The number of ether oxygens (including phenoxy) is 2. The first kappa shape index (κ1) is 19.3. The quantitative estimate of drug-likeness (QED) is 0.657. The fourth-order valence-corrected chi connectivity index (χ4v) is 3.58. The van der Waals surface area contributed by atoms with Crippen molar-refractivity contribution in [2.24, 2.45) is 0 Å². The fraction of sp³-hybridized carbons (Fsp3) is 0.238. The highest BCUT2D eigenvalue weighted by molar-refractivity contribution is 6.33. The standard InChI is InChI=1S/C21H19ClN2O5/c1-27-18-4-2-3-13-11-15(21(26)29-19(13)18)20(25)23-14-5-6-17(16(22)12-14)24-7-9-28-10-8-24/h2-6,11-12H,7-10H2,1H3,(H,23,25). The van der Waals surface area contributed by atoms with Crippen LogP contribution in [0.15, 0.2) is 51.7 Å². The molecule has 3 aromatic rings. The molecule has 0 spiro atoms. The van der Waals surface area contributed by atoms with Gasteiger partial charge >= 0.3 is 5.63 Å².